The molecule has 5 atom stereocenters. The van der Waals surface area contributed by atoms with Gasteiger partial charge in [0.25, 0.3) is 5.69 Å². The maximum Gasteiger partial charge on any atom is 0.269 e. The number of rotatable bonds is 11. The van der Waals surface area contributed by atoms with Gasteiger partial charge in [-0.15, -0.1) is 0 Å². The molecule has 1 fully saturated rings. The van der Waals surface area contributed by atoms with E-state index < -0.39 is 52.4 Å². The molecule has 5 N–H and O–H groups in total. The first-order valence-electron chi connectivity index (χ1n) is 18.1. The third kappa shape index (κ3) is 7.60. The highest BCUT2D eigenvalue weighted by atomic mass is 19.1. The van der Waals surface area contributed by atoms with E-state index in [1.807, 2.05) is 31.5 Å². The topological polar surface area (TPSA) is 184 Å². The van der Waals surface area contributed by atoms with E-state index in [4.69, 9.17) is 5.73 Å². The fourth-order valence-electron chi connectivity index (χ4n) is 8.05. The number of non-ortho nitro benzene ring substituents is 1. The van der Waals surface area contributed by atoms with Crippen LogP contribution in [0.2, 0.25) is 0 Å². The highest BCUT2D eigenvalue weighted by Gasteiger charge is 2.38. The van der Waals surface area contributed by atoms with Gasteiger partial charge in [0.05, 0.1) is 16.8 Å². The van der Waals surface area contributed by atoms with Crippen molar-refractivity contribution in [3.8, 4) is 0 Å². The summed E-state index contributed by atoms with van der Waals surface area (Å²) in [6.45, 7) is 0.866. The summed E-state index contributed by atoms with van der Waals surface area (Å²) >= 11 is 0. The normalized spacial score (nSPS) is 20.7. The molecule has 3 heterocycles. The molecule has 280 valence electrons. The number of likely N-dealkylation sites (tertiary alicyclic amines) is 1. The van der Waals surface area contributed by atoms with Gasteiger partial charge in [0, 0.05) is 67.8 Å². The van der Waals surface area contributed by atoms with Crippen LogP contribution in [0.25, 0.3) is 16.5 Å². The molecule has 0 radical (unpaired) electrons. The molecule has 3 aliphatic rings. The fourth-order valence-corrected chi connectivity index (χ4v) is 8.05. The molecule has 1 aromatic heterocycles. The minimum atomic E-state index is -1.15. The third-order valence-corrected chi connectivity index (χ3v) is 10.9. The Hall–Kier alpha value is -5.89. The Morgan fingerprint density at radius 2 is 1.69 bits per heavy atom. The predicted molar refractivity (Wildman–Crippen MR) is 199 cm³/mol. The number of aromatic nitrogens is 1. The van der Waals surface area contributed by atoms with Crippen molar-refractivity contribution in [1.29, 1.82) is 0 Å². The number of nitrogens with two attached hydrogens (primary N) is 1. The third-order valence-electron chi connectivity index (χ3n) is 10.9. The van der Waals surface area contributed by atoms with E-state index in [0.717, 1.165) is 28.5 Å². The van der Waals surface area contributed by atoms with Gasteiger partial charge in [-0.2, -0.15) is 0 Å². The Labute approximate surface area is 310 Å². The molecule has 1 saturated heterocycles. The second kappa shape index (κ2) is 15.2. The number of hydrogen-bond donors (Lipinski definition) is 4. The number of aromatic amines is 1. The molecule has 1 aliphatic carbocycles. The molecule has 0 saturated carbocycles. The number of amides is 4. The first kappa shape index (κ1) is 36.5. The van der Waals surface area contributed by atoms with Crippen molar-refractivity contribution >= 4 is 45.8 Å². The number of hydrogen-bond acceptors (Lipinski definition) is 7. The van der Waals surface area contributed by atoms with Crippen molar-refractivity contribution < 1.29 is 28.5 Å². The van der Waals surface area contributed by atoms with Crippen LogP contribution in [0.4, 0.5) is 10.1 Å². The molecule has 54 heavy (non-hydrogen) atoms. The van der Waals surface area contributed by atoms with Crippen molar-refractivity contribution in [2.45, 2.75) is 50.2 Å². The number of fused-ring (bicyclic) bond motifs is 2. The van der Waals surface area contributed by atoms with Gasteiger partial charge in [-0.25, -0.2) is 4.39 Å². The Bertz CT molecular complexity index is 2130. The molecule has 14 heteroatoms. The van der Waals surface area contributed by atoms with Gasteiger partial charge in [0.15, 0.2) is 0 Å². The Morgan fingerprint density at radius 3 is 2.39 bits per heavy atom. The van der Waals surface area contributed by atoms with E-state index in [2.05, 4.69) is 26.6 Å². The number of nitro groups is 1. The van der Waals surface area contributed by atoms with E-state index in [0.29, 0.717) is 37.1 Å². The number of nitrogens with one attached hydrogen (secondary N) is 3. The lowest BCUT2D eigenvalue weighted by atomic mass is 9.79. The van der Waals surface area contributed by atoms with Gasteiger partial charge in [-0.3, -0.25) is 34.2 Å². The number of carbonyl (C=O) groups is 4. The van der Waals surface area contributed by atoms with Crippen molar-refractivity contribution in [2.75, 3.05) is 26.7 Å². The highest BCUT2D eigenvalue weighted by Crippen LogP contribution is 2.40. The maximum atomic E-state index is 14.3. The van der Waals surface area contributed by atoms with Crippen LogP contribution in [-0.2, 0) is 38.4 Å². The largest absolute Gasteiger partial charge is 0.369 e. The van der Waals surface area contributed by atoms with Crippen molar-refractivity contribution in [2.24, 2.45) is 17.6 Å². The average Bonchev–Trinajstić information content (AvgIpc) is 3.59. The quantitative estimate of drug-likeness (QED) is 0.135. The first-order valence-corrected chi connectivity index (χ1v) is 18.1. The molecule has 1 unspecified atom stereocenters. The van der Waals surface area contributed by atoms with Crippen LogP contribution >= 0.6 is 0 Å². The second-order valence-electron chi connectivity index (χ2n) is 14.5. The maximum absolute atomic E-state index is 14.3. The number of nitro benzene ring substituents is 1. The zero-order chi connectivity index (χ0) is 38.1. The molecular formula is C40H42FN7O6. The molecule has 4 amide bonds. The van der Waals surface area contributed by atoms with Gasteiger partial charge in [-0.1, -0.05) is 42.5 Å². The second-order valence-corrected chi connectivity index (χ2v) is 14.5. The number of H-pyrrole nitrogens is 1. The fraction of sp³-hybridized carbons (Fsp3) is 0.350. The van der Waals surface area contributed by atoms with Gasteiger partial charge in [0.2, 0.25) is 23.6 Å². The van der Waals surface area contributed by atoms with Gasteiger partial charge in [0.1, 0.15) is 17.9 Å². The molecule has 7 rings (SSSR count). The molecule has 2 aliphatic heterocycles. The summed E-state index contributed by atoms with van der Waals surface area (Å²) in [5, 5.41) is 18.2. The summed E-state index contributed by atoms with van der Waals surface area (Å²) in [5.74, 6) is -3.55. The average molecular weight is 736 g/mol. The Balaban J connectivity index is 1.16. The van der Waals surface area contributed by atoms with E-state index in [1.54, 1.807) is 0 Å². The predicted octanol–water partition coefficient (Wildman–Crippen LogP) is 3.26. The summed E-state index contributed by atoms with van der Waals surface area (Å²) in [7, 11) is 1.98. The number of primary amides is 1. The number of benzene rings is 3. The molecule has 4 aromatic rings. The summed E-state index contributed by atoms with van der Waals surface area (Å²) in [5.41, 5.74) is 11.0. The van der Waals surface area contributed by atoms with E-state index in [1.165, 1.54) is 59.0 Å². The van der Waals surface area contributed by atoms with Gasteiger partial charge >= 0.3 is 0 Å². The molecule has 3 aromatic carbocycles. The SMILES string of the molecule is CN1C[C@H](C(=O)N[C@@H](Cc2ccc(F)cc2)C(=O)N[C@@H](Cc2ccc([N+](=O)[O-])cc2)C(=O)N2CCCC(C(N)=O)C2)C=C2c3cccc4[nH]cc(c34)C[C@H]21. The molecule has 13 nitrogen and oxygen atoms in total. The summed E-state index contributed by atoms with van der Waals surface area (Å²) in [6.07, 6.45) is 5.92. The lowest BCUT2D eigenvalue weighted by molar-refractivity contribution is -0.384. The Kier molecular flexibility index (Phi) is 10.3. The minimum Gasteiger partial charge on any atom is -0.369 e. The van der Waals surface area contributed by atoms with E-state index >= 15 is 0 Å². The van der Waals surface area contributed by atoms with Crippen LogP contribution in [0.3, 0.4) is 0 Å². The number of likely N-dealkylation sites (N-methyl/N-ethyl adjacent to an activating group) is 1. The highest BCUT2D eigenvalue weighted by molar-refractivity contribution is 6.00. The van der Waals surface area contributed by atoms with Crippen molar-refractivity contribution in [3.63, 3.8) is 0 Å². The van der Waals surface area contributed by atoms with E-state index in [9.17, 15) is 33.7 Å². The number of nitrogens with zero attached hydrogens (tertiary/aromatic N) is 3. The van der Waals surface area contributed by atoms with Crippen molar-refractivity contribution in [3.05, 3.63) is 117 Å². The number of carbonyl (C=O) groups excluding carboxylic acids is 4. The molecule has 0 bridgehead atoms. The summed E-state index contributed by atoms with van der Waals surface area (Å²) in [4.78, 5) is 72.4. The van der Waals surface area contributed by atoms with Crippen LogP contribution in [0.1, 0.15) is 35.1 Å². The van der Waals surface area contributed by atoms with Crippen LogP contribution in [0, 0.1) is 27.8 Å². The number of piperidine rings is 1. The molecule has 0 spiro atoms. The van der Waals surface area contributed by atoms with Crippen LogP contribution in [0.5, 0.6) is 0 Å². The monoisotopic (exact) mass is 735 g/mol. The van der Waals surface area contributed by atoms with Crippen molar-refractivity contribution in [1.82, 2.24) is 25.4 Å². The lowest BCUT2D eigenvalue weighted by Crippen LogP contribution is -2.58. The summed E-state index contributed by atoms with van der Waals surface area (Å²) in [6, 6.07) is 15.2. The zero-order valence-electron chi connectivity index (χ0n) is 29.8. The standard InChI is InChI=1S/C40H42FN7O6/c1-46-21-27(18-31-30-5-2-6-32-36(30)26(20-43-32)19-35(31)46)38(50)44-33(16-23-7-11-28(41)12-8-23)39(51)45-34(17-24-9-13-29(14-10-24)48(53)54)40(52)47-15-3-4-25(22-47)37(42)49/h2,5-14,18,20,25,27,33-35,43H,3-4,15-17,19,21-22H2,1H3,(H2,42,49)(H,44,50)(H,45,51)/t25?,27-,33+,34+,35-/m1/s1. The van der Waals surface area contributed by atoms with Crippen LogP contribution in [0.15, 0.2) is 79.0 Å². The van der Waals surface area contributed by atoms with Gasteiger partial charge < -0.3 is 26.3 Å². The Morgan fingerprint density at radius 1 is 0.981 bits per heavy atom. The van der Waals surface area contributed by atoms with Gasteiger partial charge in [-0.05, 0) is 72.3 Å². The smallest absolute Gasteiger partial charge is 0.269 e. The van der Waals surface area contributed by atoms with E-state index in [-0.39, 0.29) is 37.0 Å². The van der Waals surface area contributed by atoms with Crippen LogP contribution < -0.4 is 16.4 Å². The lowest BCUT2D eigenvalue weighted by Gasteiger charge is -2.39. The first-order chi connectivity index (χ1) is 25.9. The molecular weight excluding hydrogens is 693 g/mol. The zero-order valence-corrected chi connectivity index (χ0v) is 29.8. The summed E-state index contributed by atoms with van der Waals surface area (Å²) < 4.78 is 13.9. The van der Waals surface area contributed by atoms with Crippen LogP contribution in [-0.4, -0.2) is 88.1 Å². The minimum absolute atomic E-state index is 0.00881. The number of halogens is 1.